The van der Waals surface area contributed by atoms with Crippen molar-refractivity contribution >= 4 is 17.1 Å². The van der Waals surface area contributed by atoms with Gasteiger partial charge in [-0.05, 0) is 114 Å². The van der Waals surface area contributed by atoms with E-state index in [9.17, 15) is 0 Å². The average molecular weight is 780 g/mol. The first kappa shape index (κ1) is 35.7. The Hall–Kier alpha value is -7.43. The summed E-state index contributed by atoms with van der Waals surface area (Å²) in [5, 5.41) is 0. The molecule has 1 spiro atoms. The van der Waals surface area contributed by atoms with Gasteiger partial charge >= 0.3 is 6.18 Å². The van der Waals surface area contributed by atoms with Crippen LogP contribution in [0.1, 0.15) is 27.8 Å². The number of rotatable bonds is 6. The maximum absolute atomic E-state index is 15.9. The van der Waals surface area contributed by atoms with Gasteiger partial charge < -0.3 is 4.90 Å². The summed E-state index contributed by atoms with van der Waals surface area (Å²) in [6.07, 6.45) is -4.68. The highest BCUT2D eigenvalue weighted by atomic mass is 19.4. The van der Waals surface area contributed by atoms with Gasteiger partial charge in [-0.2, -0.15) is 13.2 Å². The van der Waals surface area contributed by atoms with Crippen molar-refractivity contribution < 1.29 is 13.2 Å². The van der Waals surface area contributed by atoms with E-state index in [1.165, 1.54) is 6.07 Å². The molecule has 2 aliphatic carbocycles. The van der Waals surface area contributed by atoms with Crippen LogP contribution in [0, 0.1) is 0 Å². The standard InChI is InChI=1S/C56H36F3N/c57-56(58,59)52-36-41(44-24-14-25-48-47-23-9-12-28-51(47)55(54(44)48)49-26-10-7-21-45(49)46-22-8-11-27-50(46)55)31-34-53(52)60(42-32-29-39(30-33-42)37-15-3-1-4-16-37)43-20-13-19-40(35-43)38-17-5-2-6-18-38/h1-36H. The topological polar surface area (TPSA) is 3.24 Å². The number of hydrogen-bond acceptors (Lipinski definition) is 1. The fraction of sp³-hybridized carbons (Fsp3) is 0.0357. The Bertz CT molecular complexity index is 3010. The summed E-state index contributed by atoms with van der Waals surface area (Å²) < 4.78 is 47.8. The molecular formula is C56H36F3N. The highest BCUT2D eigenvalue weighted by molar-refractivity contribution is 5.99. The van der Waals surface area contributed by atoms with Crippen molar-refractivity contribution in [2.75, 3.05) is 4.90 Å². The molecule has 0 aliphatic heterocycles. The quantitative estimate of drug-likeness (QED) is 0.162. The van der Waals surface area contributed by atoms with Crippen LogP contribution in [0.4, 0.5) is 30.2 Å². The number of hydrogen-bond donors (Lipinski definition) is 0. The fourth-order valence-corrected chi connectivity index (χ4v) is 9.84. The Morgan fingerprint density at radius 3 is 1.38 bits per heavy atom. The summed E-state index contributed by atoms with van der Waals surface area (Å²) in [6, 6.07) is 71.8. The lowest BCUT2D eigenvalue weighted by atomic mass is 9.68. The zero-order chi connectivity index (χ0) is 40.4. The highest BCUT2D eigenvalue weighted by Gasteiger charge is 2.52. The van der Waals surface area contributed by atoms with Gasteiger partial charge in [0.1, 0.15) is 0 Å². The molecule has 9 aromatic carbocycles. The van der Waals surface area contributed by atoms with E-state index >= 15 is 13.2 Å². The van der Waals surface area contributed by atoms with Crippen LogP contribution in [0.5, 0.6) is 0 Å². The van der Waals surface area contributed by atoms with Crippen molar-refractivity contribution in [2.45, 2.75) is 11.6 Å². The Labute approximate surface area is 347 Å². The largest absolute Gasteiger partial charge is 0.418 e. The molecule has 0 unspecified atom stereocenters. The smallest absolute Gasteiger partial charge is 0.310 e. The fourth-order valence-electron chi connectivity index (χ4n) is 9.84. The van der Waals surface area contributed by atoms with Gasteiger partial charge in [0.2, 0.25) is 0 Å². The summed E-state index contributed by atoms with van der Waals surface area (Å²) in [7, 11) is 0. The van der Waals surface area contributed by atoms with E-state index in [2.05, 4.69) is 72.8 Å². The van der Waals surface area contributed by atoms with Crippen LogP contribution >= 0.6 is 0 Å². The van der Waals surface area contributed by atoms with Crippen LogP contribution in [0.3, 0.4) is 0 Å². The predicted octanol–water partition coefficient (Wildman–Crippen LogP) is 15.5. The molecule has 0 heterocycles. The molecule has 1 nitrogen and oxygen atoms in total. The summed E-state index contributed by atoms with van der Waals surface area (Å²) in [6.45, 7) is 0. The second kappa shape index (κ2) is 13.9. The average Bonchev–Trinajstić information content (AvgIpc) is 3.77. The molecular weight excluding hydrogens is 744 g/mol. The summed E-state index contributed by atoms with van der Waals surface area (Å²) in [5.41, 5.74) is 13.9. The molecule has 0 saturated heterocycles. The van der Waals surface area contributed by atoms with Gasteiger partial charge in [-0.3, -0.25) is 0 Å². The monoisotopic (exact) mass is 779 g/mol. The van der Waals surface area contributed by atoms with Crippen molar-refractivity contribution in [3.8, 4) is 55.6 Å². The first-order chi connectivity index (χ1) is 29.4. The molecule has 9 aromatic rings. The summed E-state index contributed by atoms with van der Waals surface area (Å²) in [4.78, 5) is 1.74. The van der Waals surface area contributed by atoms with Gasteiger partial charge in [0, 0.05) is 11.4 Å². The van der Waals surface area contributed by atoms with Gasteiger partial charge in [-0.15, -0.1) is 0 Å². The number of fused-ring (bicyclic) bond motifs is 10. The van der Waals surface area contributed by atoms with Crippen molar-refractivity contribution in [1.82, 2.24) is 0 Å². The maximum Gasteiger partial charge on any atom is 0.418 e. The molecule has 2 aliphatic rings. The van der Waals surface area contributed by atoms with Crippen molar-refractivity contribution in [3.05, 3.63) is 246 Å². The summed E-state index contributed by atoms with van der Waals surface area (Å²) in [5.74, 6) is 0. The third-order valence-electron chi connectivity index (χ3n) is 12.3. The van der Waals surface area contributed by atoms with E-state index in [4.69, 9.17) is 0 Å². The zero-order valence-corrected chi connectivity index (χ0v) is 32.4. The normalized spacial score (nSPS) is 13.1. The molecule has 0 bridgehead atoms. The number of halogens is 3. The first-order valence-electron chi connectivity index (χ1n) is 20.2. The van der Waals surface area contributed by atoms with Crippen LogP contribution in [0.15, 0.2) is 218 Å². The number of nitrogens with zero attached hydrogens (tertiary/aromatic N) is 1. The molecule has 0 aromatic heterocycles. The minimum absolute atomic E-state index is 0.0473. The molecule has 11 rings (SSSR count). The molecule has 60 heavy (non-hydrogen) atoms. The van der Waals surface area contributed by atoms with Crippen molar-refractivity contribution in [1.29, 1.82) is 0 Å². The number of alkyl halides is 3. The van der Waals surface area contributed by atoms with E-state index in [-0.39, 0.29) is 5.69 Å². The molecule has 0 amide bonds. The maximum atomic E-state index is 15.9. The molecule has 0 radical (unpaired) electrons. The van der Waals surface area contributed by atoms with Gasteiger partial charge in [-0.25, -0.2) is 0 Å². The number of benzene rings is 9. The van der Waals surface area contributed by atoms with E-state index in [1.807, 2.05) is 133 Å². The predicted molar refractivity (Wildman–Crippen MR) is 239 cm³/mol. The minimum atomic E-state index is -4.68. The van der Waals surface area contributed by atoms with Gasteiger partial charge in [0.15, 0.2) is 0 Å². The molecule has 0 fully saturated rings. The van der Waals surface area contributed by atoms with E-state index in [1.54, 1.807) is 11.0 Å². The van der Waals surface area contributed by atoms with Crippen LogP contribution in [0.25, 0.3) is 55.6 Å². The van der Waals surface area contributed by atoms with Gasteiger partial charge in [0.05, 0.1) is 16.7 Å². The van der Waals surface area contributed by atoms with Crippen LogP contribution in [0.2, 0.25) is 0 Å². The third kappa shape index (κ3) is 5.48. The zero-order valence-electron chi connectivity index (χ0n) is 32.4. The van der Waals surface area contributed by atoms with Gasteiger partial charge in [-0.1, -0.05) is 182 Å². The third-order valence-corrected chi connectivity index (χ3v) is 12.3. The SMILES string of the molecule is FC(F)(F)c1cc(-c2cccc3c2C2(c4ccccc4-c4ccccc42)c2ccccc2-3)ccc1N(c1ccc(-c2ccccc2)cc1)c1cccc(-c2ccccc2)c1. The molecule has 0 atom stereocenters. The van der Waals surface area contributed by atoms with Crippen LogP contribution < -0.4 is 4.90 Å². The molecule has 4 heteroatoms. The Balaban J connectivity index is 1.13. The van der Waals surface area contributed by atoms with E-state index < -0.39 is 17.2 Å². The molecule has 286 valence electrons. The lowest BCUT2D eigenvalue weighted by molar-refractivity contribution is -0.137. The second-order valence-corrected chi connectivity index (χ2v) is 15.5. The van der Waals surface area contributed by atoms with E-state index in [0.29, 0.717) is 16.9 Å². The first-order valence-corrected chi connectivity index (χ1v) is 20.2. The Morgan fingerprint density at radius 2 is 0.783 bits per heavy atom. The lowest BCUT2D eigenvalue weighted by Crippen LogP contribution is -2.26. The van der Waals surface area contributed by atoms with Crippen molar-refractivity contribution in [3.63, 3.8) is 0 Å². The van der Waals surface area contributed by atoms with Crippen LogP contribution in [-0.2, 0) is 11.6 Å². The number of anilines is 3. The Kier molecular flexibility index (Phi) is 8.25. The van der Waals surface area contributed by atoms with Crippen LogP contribution in [-0.4, -0.2) is 0 Å². The lowest BCUT2D eigenvalue weighted by Gasteiger charge is -2.32. The summed E-state index contributed by atoms with van der Waals surface area (Å²) >= 11 is 0. The van der Waals surface area contributed by atoms with Gasteiger partial charge in [0.25, 0.3) is 0 Å². The van der Waals surface area contributed by atoms with Crippen molar-refractivity contribution in [2.24, 2.45) is 0 Å². The molecule has 0 N–H and O–H groups in total. The van der Waals surface area contributed by atoms with E-state index in [0.717, 1.165) is 72.3 Å². The Morgan fingerprint density at radius 1 is 0.333 bits per heavy atom. The molecule has 0 saturated carbocycles. The second-order valence-electron chi connectivity index (χ2n) is 15.5. The minimum Gasteiger partial charge on any atom is -0.310 e. The highest BCUT2D eigenvalue weighted by Crippen LogP contribution is 2.64.